The second-order valence-electron chi connectivity index (χ2n) is 5.09. The van der Waals surface area contributed by atoms with Crippen LogP contribution in [0.2, 0.25) is 0 Å². The molecule has 3 N–H and O–H groups in total. The summed E-state index contributed by atoms with van der Waals surface area (Å²) in [5, 5.41) is 0. The Labute approximate surface area is 103 Å². The van der Waals surface area contributed by atoms with Crippen molar-refractivity contribution in [2.24, 2.45) is 17.7 Å². The number of hydrogen-bond donors (Lipinski definition) is 2. The SMILES string of the molecule is COc1ccc(C)cc1C(NN)C(C)C1CC1. The number of nitrogens with one attached hydrogen (secondary N) is 1. The summed E-state index contributed by atoms with van der Waals surface area (Å²) in [7, 11) is 1.71. The van der Waals surface area contributed by atoms with Gasteiger partial charge >= 0.3 is 0 Å². The fraction of sp³-hybridized carbons (Fsp3) is 0.571. The minimum atomic E-state index is 0.178. The van der Waals surface area contributed by atoms with Gasteiger partial charge in [0.25, 0.3) is 0 Å². The first-order valence-corrected chi connectivity index (χ1v) is 6.28. The van der Waals surface area contributed by atoms with Gasteiger partial charge in [-0.15, -0.1) is 0 Å². The molecule has 2 unspecified atom stereocenters. The standard InChI is InChI=1S/C14H22N2O/c1-9-4-7-13(17-3)12(8-9)14(16-15)10(2)11-5-6-11/h4,7-8,10-11,14,16H,5-6,15H2,1-3H3. The molecule has 1 aromatic carbocycles. The molecule has 0 aliphatic heterocycles. The summed E-state index contributed by atoms with van der Waals surface area (Å²) >= 11 is 0. The first-order chi connectivity index (χ1) is 8.17. The van der Waals surface area contributed by atoms with Gasteiger partial charge in [0.2, 0.25) is 0 Å². The molecule has 1 saturated carbocycles. The van der Waals surface area contributed by atoms with Crippen molar-refractivity contribution in [2.45, 2.75) is 32.7 Å². The summed E-state index contributed by atoms with van der Waals surface area (Å²) in [5.41, 5.74) is 5.38. The molecule has 3 nitrogen and oxygen atoms in total. The van der Waals surface area contributed by atoms with Crippen molar-refractivity contribution in [3.05, 3.63) is 29.3 Å². The minimum absolute atomic E-state index is 0.178. The average Bonchev–Trinajstić information content (AvgIpc) is 3.14. The van der Waals surface area contributed by atoms with Gasteiger partial charge in [0.1, 0.15) is 5.75 Å². The second-order valence-corrected chi connectivity index (χ2v) is 5.09. The third kappa shape index (κ3) is 2.61. The number of nitrogens with two attached hydrogens (primary N) is 1. The molecule has 0 bridgehead atoms. The monoisotopic (exact) mass is 234 g/mol. The lowest BCUT2D eigenvalue weighted by Gasteiger charge is -2.25. The summed E-state index contributed by atoms with van der Waals surface area (Å²) < 4.78 is 5.44. The third-order valence-corrected chi connectivity index (χ3v) is 3.79. The Hall–Kier alpha value is -1.06. The molecule has 1 aromatic rings. The lowest BCUT2D eigenvalue weighted by atomic mass is 9.90. The van der Waals surface area contributed by atoms with E-state index in [9.17, 15) is 0 Å². The molecule has 0 amide bonds. The van der Waals surface area contributed by atoms with Gasteiger partial charge < -0.3 is 4.74 Å². The van der Waals surface area contributed by atoms with Crippen molar-refractivity contribution in [2.75, 3.05) is 7.11 Å². The van der Waals surface area contributed by atoms with Gasteiger partial charge in [0.05, 0.1) is 13.2 Å². The topological polar surface area (TPSA) is 47.3 Å². The second kappa shape index (κ2) is 5.07. The normalized spacial score (nSPS) is 18.8. The Bertz CT molecular complexity index is 388. The van der Waals surface area contributed by atoms with Crippen LogP contribution in [0.5, 0.6) is 5.75 Å². The van der Waals surface area contributed by atoms with Crippen molar-refractivity contribution >= 4 is 0 Å². The van der Waals surface area contributed by atoms with E-state index in [0.29, 0.717) is 5.92 Å². The summed E-state index contributed by atoms with van der Waals surface area (Å²) in [6.07, 6.45) is 2.65. The molecule has 0 aromatic heterocycles. The Balaban J connectivity index is 2.30. The highest BCUT2D eigenvalue weighted by Gasteiger charge is 2.34. The van der Waals surface area contributed by atoms with Crippen LogP contribution < -0.4 is 16.0 Å². The van der Waals surface area contributed by atoms with Crippen molar-refractivity contribution in [3.8, 4) is 5.75 Å². The predicted molar refractivity (Wildman–Crippen MR) is 69.7 cm³/mol. The third-order valence-electron chi connectivity index (χ3n) is 3.79. The van der Waals surface area contributed by atoms with Crippen LogP contribution in [0.15, 0.2) is 18.2 Å². The van der Waals surface area contributed by atoms with Crippen LogP contribution in [0.25, 0.3) is 0 Å². The highest BCUT2D eigenvalue weighted by molar-refractivity contribution is 5.39. The van der Waals surface area contributed by atoms with Gasteiger partial charge in [0, 0.05) is 5.56 Å². The molecule has 1 aliphatic carbocycles. The predicted octanol–water partition coefficient (Wildman–Crippen LogP) is 2.55. The van der Waals surface area contributed by atoms with Gasteiger partial charge in [-0.25, -0.2) is 0 Å². The van der Waals surface area contributed by atoms with Crippen molar-refractivity contribution in [1.29, 1.82) is 0 Å². The molecule has 94 valence electrons. The van der Waals surface area contributed by atoms with Gasteiger partial charge in [0.15, 0.2) is 0 Å². The Morgan fingerprint density at radius 2 is 2.12 bits per heavy atom. The lowest BCUT2D eigenvalue weighted by molar-refractivity contribution is 0.335. The maximum absolute atomic E-state index is 5.74. The van der Waals surface area contributed by atoms with Gasteiger partial charge in [-0.3, -0.25) is 11.3 Å². The first kappa shape index (κ1) is 12.4. The van der Waals surface area contributed by atoms with E-state index in [1.807, 2.05) is 6.07 Å². The molecule has 0 spiro atoms. The molecule has 0 saturated heterocycles. The van der Waals surface area contributed by atoms with E-state index < -0.39 is 0 Å². The Morgan fingerprint density at radius 1 is 1.41 bits per heavy atom. The molecular formula is C14H22N2O. The Morgan fingerprint density at radius 3 is 2.65 bits per heavy atom. The number of hydrogen-bond acceptors (Lipinski definition) is 3. The lowest BCUT2D eigenvalue weighted by Crippen LogP contribution is -2.33. The molecule has 17 heavy (non-hydrogen) atoms. The summed E-state index contributed by atoms with van der Waals surface area (Å²) in [5.74, 6) is 8.02. The van der Waals surface area contributed by atoms with Crippen LogP contribution in [-0.2, 0) is 0 Å². The van der Waals surface area contributed by atoms with E-state index in [4.69, 9.17) is 10.6 Å². The quantitative estimate of drug-likeness (QED) is 0.608. The molecule has 1 aliphatic rings. The van der Waals surface area contributed by atoms with E-state index in [0.717, 1.165) is 11.7 Å². The number of benzene rings is 1. The largest absolute Gasteiger partial charge is 0.496 e. The van der Waals surface area contributed by atoms with Crippen molar-refractivity contribution in [1.82, 2.24) is 5.43 Å². The zero-order chi connectivity index (χ0) is 12.4. The van der Waals surface area contributed by atoms with E-state index in [2.05, 4.69) is 31.4 Å². The molecule has 0 radical (unpaired) electrons. The fourth-order valence-corrected chi connectivity index (χ4v) is 2.52. The average molecular weight is 234 g/mol. The van der Waals surface area contributed by atoms with Crippen LogP contribution in [0.3, 0.4) is 0 Å². The van der Waals surface area contributed by atoms with Crippen LogP contribution in [0, 0.1) is 18.8 Å². The summed E-state index contributed by atoms with van der Waals surface area (Å²) in [6.45, 7) is 4.36. The fourth-order valence-electron chi connectivity index (χ4n) is 2.52. The van der Waals surface area contributed by atoms with Crippen LogP contribution >= 0.6 is 0 Å². The van der Waals surface area contributed by atoms with Gasteiger partial charge in [-0.1, -0.05) is 24.6 Å². The number of aryl methyl sites for hydroxylation is 1. The van der Waals surface area contributed by atoms with Crippen molar-refractivity contribution < 1.29 is 4.74 Å². The molecule has 1 fully saturated rings. The zero-order valence-electron chi connectivity index (χ0n) is 10.9. The van der Waals surface area contributed by atoms with E-state index >= 15 is 0 Å². The molecule has 2 rings (SSSR count). The van der Waals surface area contributed by atoms with Gasteiger partial charge in [-0.05, 0) is 37.7 Å². The van der Waals surface area contributed by atoms with E-state index in [1.54, 1.807) is 7.11 Å². The Kier molecular flexibility index (Phi) is 3.69. The smallest absolute Gasteiger partial charge is 0.123 e. The minimum Gasteiger partial charge on any atom is -0.496 e. The van der Waals surface area contributed by atoms with Crippen LogP contribution in [0.4, 0.5) is 0 Å². The summed E-state index contributed by atoms with van der Waals surface area (Å²) in [6, 6.07) is 6.44. The maximum atomic E-state index is 5.74. The molecular weight excluding hydrogens is 212 g/mol. The molecule has 0 heterocycles. The first-order valence-electron chi connectivity index (χ1n) is 6.28. The van der Waals surface area contributed by atoms with E-state index in [1.165, 1.54) is 24.0 Å². The zero-order valence-corrected chi connectivity index (χ0v) is 10.9. The number of ether oxygens (including phenoxy) is 1. The molecule has 2 atom stereocenters. The summed E-state index contributed by atoms with van der Waals surface area (Å²) in [4.78, 5) is 0. The van der Waals surface area contributed by atoms with Crippen molar-refractivity contribution in [3.63, 3.8) is 0 Å². The highest BCUT2D eigenvalue weighted by atomic mass is 16.5. The number of hydrazine groups is 1. The van der Waals surface area contributed by atoms with E-state index in [-0.39, 0.29) is 6.04 Å². The number of methoxy groups -OCH3 is 1. The van der Waals surface area contributed by atoms with Crippen LogP contribution in [-0.4, -0.2) is 7.11 Å². The van der Waals surface area contributed by atoms with Crippen LogP contribution in [0.1, 0.15) is 36.9 Å². The molecule has 3 heteroatoms. The maximum Gasteiger partial charge on any atom is 0.123 e. The highest BCUT2D eigenvalue weighted by Crippen LogP contribution is 2.44. The van der Waals surface area contributed by atoms with Gasteiger partial charge in [-0.2, -0.15) is 0 Å². The number of rotatable bonds is 5.